The molecule has 0 bridgehead atoms. The van der Waals surface area contributed by atoms with Crippen LogP contribution in [0.5, 0.6) is 0 Å². The molecule has 2 N–H and O–H groups in total. The lowest BCUT2D eigenvalue weighted by atomic mass is 10.1. The molecular formula is C11H22N2O3S. The second kappa shape index (κ2) is 5.22. The SMILES string of the molecule is CC1CN(C2CCS(=O)(=O)C2)CC(CCN)O1. The van der Waals surface area contributed by atoms with Gasteiger partial charge in [0.25, 0.3) is 0 Å². The lowest BCUT2D eigenvalue weighted by molar-refractivity contribution is -0.0875. The zero-order valence-corrected chi connectivity index (χ0v) is 11.2. The first-order valence-electron chi connectivity index (χ1n) is 6.30. The number of nitrogens with zero attached hydrogens (tertiary/aromatic N) is 1. The van der Waals surface area contributed by atoms with Gasteiger partial charge in [-0.05, 0) is 26.3 Å². The Balaban J connectivity index is 1.96. The van der Waals surface area contributed by atoms with Crippen molar-refractivity contribution in [3.63, 3.8) is 0 Å². The fourth-order valence-electron chi connectivity index (χ4n) is 2.79. The van der Waals surface area contributed by atoms with Gasteiger partial charge in [-0.25, -0.2) is 8.42 Å². The van der Waals surface area contributed by atoms with E-state index in [1.54, 1.807) is 0 Å². The molecule has 2 aliphatic heterocycles. The molecule has 0 radical (unpaired) electrons. The second-order valence-electron chi connectivity index (χ2n) is 5.16. The molecule has 2 heterocycles. The van der Waals surface area contributed by atoms with Crippen molar-refractivity contribution in [1.82, 2.24) is 4.90 Å². The predicted octanol–water partition coefficient (Wildman–Crippen LogP) is -0.388. The van der Waals surface area contributed by atoms with Gasteiger partial charge in [-0.2, -0.15) is 0 Å². The summed E-state index contributed by atoms with van der Waals surface area (Å²) in [6.07, 6.45) is 1.95. The van der Waals surface area contributed by atoms with E-state index in [9.17, 15) is 8.42 Å². The summed E-state index contributed by atoms with van der Waals surface area (Å²) in [7, 11) is -2.80. The van der Waals surface area contributed by atoms with Gasteiger partial charge in [-0.1, -0.05) is 0 Å². The molecule has 0 aromatic heterocycles. The van der Waals surface area contributed by atoms with Crippen molar-refractivity contribution in [2.75, 3.05) is 31.1 Å². The van der Waals surface area contributed by atoms with Crippen molar-refractivity contribution in [1.29, 1.82) is 0 Å². The third kappa shape index (κ3) is 3.40. The van der Waals surface area contributed by atoms with Crippen LogP contribution in [0.15, 0.2) is 0 Å². The van der Waals surface area contributed by atoms with E-state index in [0.717, 1.165) is 25.9 Å². The summed E-state index contributed by atoms with van der Waals surface area (Å²) in [5.41, 5.74) is 5.55. The van der Waals surface area contributed by atoms with Crippen LogP contribution in [0, 0.1) is 0 Å². The van der Waals surface area contributed by atoms with Gasteiger partial charge < -0.3 is 10.5 Å². The molecule has 0 aliphatic carbocycles. The molecule has 3 unspecified atom stereocenters. The maximum atomic E-state index is 11.5. The molecule has 0 saturated carbocycles. The Morgan fingerprint density at radius 3 is 2.76 bits per heavy atom. The number of hydrogen-bond donors (Lipinski definition) is 1. The number of morpholine rings is 1. The first-order valence-corrected chi connectivity index (χ1v) is 8.12. The molecule has 100 valence electrons. The van der Waals surface area contributed by atoms with Gasteiger partial charge in [0.05, 0.1) is 23.7 Å². The normalized spacial score (nSPS) is 38.4. The Morgan fingerprint density at radius 2 is 2.18 bits per heavy atom. The van der Waals surface area contributed by atoms with Gasteiger partial charge in [0.1, 0.15) is 0 Å². The summed E-state index contributed by atoms with van der Waals surface area (Å²) in [5.74, 6) is 0.653. The van der Waals surface area contributed by atoms with Crippen LogP contribution in [0.25, 0.3) is 0 Å². The quantitative estimate of drug-likeness (QED) is 0.750. The Kier molecular flexibility index (Phi) is 4.07. The molecule has 2 fully saturated rings. The van der Waals surface area contributed by atoms with Gasteiger partial charge in [0.2, 0.25) is 0 Å². The van der Waals surface area contributed by atoms with E-state index < -0.39 is 9.84 Å². The molecule has 0 spiro atoms. The van der Waals surface area contributed by atoms with Gasteiger partial charge in [-0.3, -0.25) is 4.90 Å². The highest BCUT2D eigenvalue weighted by atomic mass is 32.2. The van der Waals surface area contributed by atoms with Crippen LogP contribution in [0.4, 0.5) is 0 Å². The standard InChI is InChI=1S/C11H22N2O3S/c1-9-6-13(7-11(16-9)2-4-12)10-3-5-17(14,15)8-10/h9-11H,2-8,12H2,1H3. The smallest absolute Gasteiger partial charge is 0.151 e. The molecule has 6 heteroatoms. The summed E-state index contributed by atoms with van der Waals surface area (Å²) in [6.45, 7) is 4.32. The van der Waals surface area contributed by atoms with Crippen molar-refractivity contribution in [2.45, 2.75) is 38.0 Å². The molecule has 0 aromatic carbocycles. The number of rotatable bonds is 3. The van der Waals surface area contributed by atoms with Gasteiger partial charge >= 0.3 is 0 Å². The molecule has 5 nitrogen and oxygen atoms in total. The van der Waals surface area contributed by atoms with Crippen molar-refractivity contribution in [3.8, 4) is 0 Å². The topological polar surface area (TPSA) is 72.6 Å². The van der Waals surface area contributed by atoms with E-state index in [0.29, 0.717) is 18.1 Å². The van der Waals surface area contributed by atoms with Crippen LogP contribution in [0.3, 0.4) is 0 Å². The Hall–Kier alpha value is -0.170. The minimum atomic E-state index is -2.80. The zero-order chi connectivity index (χ0) is 12.5. The predicted molar refractivity (Wildman–Crippen MR) is 66.6 cm³/mol. The largest absolute Gasteiger partial charge is 0.373 e. The van der Waals surface area contributed by atoms with Crippen molar-refractivity contribution < 1.29 is 13.2 Å². The lowest BCUT2D eigenvalue weighted by Gasteiger charge is -2.39. The minimum absolute atomic E-state index is 0.159. The molecule has 0 aromatic rings. The molecular weight excluding hydrogens is 240 g/mol. The Bertz CT molecular complexity index is 358. The monoisotopic (exact) mass is 262 g/mol. The molecule has 2 rings (SSSR count). The van der Waals surface area contributed by atoms with Crippen LogP contribution in [0.1, 0.15) is 19.8 Å². The van der Waals surface area contributed by atoms with Gasteiger partial charge in [0.15, 0.2) is 9.84 Å². The molecule has 2 aliphatic rings. The molecule has 2 saturated heterocycles. The fraction of sp³-hybridized carbons (Fsp3) is 1.00. The van der Waals surface area contributed by atoms with E-state index >= 15 is 0 Å². The number of ether oxygens (including phenoxy) is 1. The highest BCUT2D eigenvalue weighted by Gasteiger charge is 2.36. The average Bonchev–Trinajstić information content (AvgIpc) is 2.58. The second-order valence-corrected chi connectivity index (χ2v) is 7.39. The van der Waals surface area contributed by atoms with Crippen molar-refractivity contribution >= 4 is 9.84 Å². The first-order chi connectivity index (χ1) is 8.00. The molecule has 3 atom stereocenters. The van der Waals surface area contributed by atoms with Gasteiger partial charge in [0, 0.05) is 19.1 Å². The first kappa shape index (κ1) is 13.3. The molecule has 17 heavy (non-hydrogen) atoms. The van der Waals surface area contributed by atoms with Crippen LogP contribution < -0.4 is 5.73 Å². The van der Waals surface area contributed by atoms with E-state index in [4.69, 9.17) is 10.5 Å². The Labute approximate surface area is 103 Å². The van der Waals surface area contributed by atoms with E-state index in [-0.39, 0.29) is 18.2 Å². The third-order valence-electron chi connectivity index (χ3n) is 3.57. The number of sulfone groups is 1. The number of hydrogen-bond acceptors (Lipinski definition) is 5. The van der Waals surface area contributed by atoms with E-state index in [1.165, 1.54) is 0 Å². The zero-order valence-electron chi connectivity index (χ0n) is 10.3. The van der Waals surface area contributed by atoms with E-state index in [2.05, 4.69) is 4.90 Å². The average molecular weight is 262 g/mol. The Morgan fingerprint density at radius 1 is 1.41 bits per heavy atom. The molecule has 0 amide bonds. The minimum Gasteiger partial charge on any atom is -0.373 e. The fourth-order valence-corrected chi connectivity index (χ4v) is 4.55. The summed E-state index contributed by atoms with van der Waals surface area (Å²) in [6, 6.07) is 0.187. The third-order valence-corrected chi connectivity index (χ3v) is 5.32. The van der Waals surface area contributed by atoms with Crippen LogP contribution in [0.2, 0.25) is 0 Å². The summed E-state index contributed by atoms with van der Waals surface area (Å²) in [5, 5.41) is 0. The lowest BCUT2D eigenvalue weighted by Crippen LogP contribution is -2.51. The van der Waals surface area contributed by atoms with Crippen molar-refractivity contribution in [2.24, 2.45) is 5.73 Å². The van der Waals surface area contributed by atoms with Gasteiger partial charge in [-0.15, -0.1) is 0 Å². The highest BCUT2D eigenvalue weighted by molar-refractivity contribution is 7.91. The summed E-state index contributed by atoms with van der Waals surface area (Å²) in [4.78, 5) is 2.28. The maximum Gasteiger partial charge on any atom is 0.151 e. The van der Waals surface area contributed by atoms with Crippen LogP contribution in [-0.4, -0.2) is 62.7 Å². The van der Waals surface area contributed by atoms with Crippen LogP contribution in [-0.2, 0) is 14.6 Å². The summed E-state index contributed by atoms with van der Waals surface area (Å²) >= 11 is 0. The van der Waals surface area contributed by atoms with Crippen molar-refractivity contribution in [3.05, 3.63) is 0 Å². The maximum absolute atomic E-state index is 11.5. The number of nitrogens with two attached hydrogens (primary N) is 1. The highest BCUT2D eigenvalue weighted by Crippen LogP contribution is 2.22. The van der Waals surface area contributed by atoms with E-state index in [1.807, 2.05) is 6.92 Å². The van der Waals surface area contributed by atoms with Crippen LogP contribution >= 0.6 is 0 Å². The summed E-state index contributed by atoms with van der Waals surface area (Å²) < 4.78 is 28.8.